The Bertz CT molecular complexity index is 519. The Morgan fingerprint density at radius 1 is 1.56 bits per heavy atom. The van der Waals surface area contributed by atoms with Gasteiger partial charge in [-0.15, -0.1) is 0 Å². The summed E-state index contributed by atoms with van der Waals surface area (Å²) in [4.78, 5) is -0.0727. The second-order valence-electron chi connectivity index (χ2n) is 2.95. The van der Waals surface area contributed by atoms with Crippen molar-refractivity contribution >= 4 is 67.1 Å². The lowest BCUT2D eigenvalue weighted by atomic mass is 10.3. The summed E-state index contributed by atoms with van der Waals surface area (Å²) in [5.74, 6) is -0.374. The largest absolute Gasteiger partial charge is 0.392 e. The van der Waals surface area contributed by atoms with E-state index in [4.69, 9.17) is 17.3 Å². The molecule has 0 bridgehead atoms. The molecule has 1 aromatic carbocycles. The van der Waals surface area contributed by atoms with Gasteiger partial charge in [0.15, 0.2) is 0 Å². The summed E-state index contributed by atoms with van der Waals surface area (Å²) in [5.41, 5.74) is 5.64. The molecule has 4 nitrogen and oxygen atoms in total. The molecule has 0 spiro atoms. The molecule has 0 saturated heterocycles. The maximum Gasteiger partial charge on any atom is 0.239 e. The Morgan fingerprint density at radius 3 is 2.69 bits per heavy atom. The first-order chi connectivity index (χ1) is 7.30. The molecule has 3 N–H and O–H groups in total. The van der Waals surface area contributed by atoms with Crippen molar-refractivity contribution in [1.82, 2.24) is 0 Å². The first-order valence-corrected chi connectivity index (χ1v) is 7.56. The average Bonchev–Trinajstić information content (AvgIpc) is 2.07. The van der Waals surface area contributed by atoms with E-state index < -0.39 is 10.0 Å². The van der Waals surface area contributed by atoms with Crippen LogP contribution in [0, 0.1) is 3.57 Å². The van der Waals surface area contributed by atoms with Crippen LogP contribution in [0.2, 0.25) is 5.02 Å². The molecule has 8 heteroatoms. The average molecular weight is 391 g/mol. The highest BCUT2D eigenvalue weighted by Gasteiger charge is 2.13. The molecule has 0 fully saturated rings. The normalized spacial score (nSPS) is 11.1. The number of thiocarbonyl (C=S) groups is 1. The highest BCUT2D eigenvalue weighted by atomic mass is 127. The van der Waals surface area contributed by atoms with E-state index in [9.17, 15) is 8.42 Å². The molecule has 0 heterocycles. The van der Waals surface area contributed by atoms with Gasteiger partial charge in [-0.25, -0.2) is 8.42 Å². The minimum absolute atomic E-state index is 0.0727. The van der Waals surface area contributed by atoms with Crippen molar-refractivity contribution in [3.8, 4) is 0 Å². The van der Waals surface area contributed by atoms with Gasteiger partial charge < -0.3 is 5.73 Å². The van der Waals surface area contributed by atoms with Crippen molar-refractivity contribution in [3.63, 3.8) is 0 Å². The third-order valence-electron chi connectivity index (χ3n) is 1.53. The summed E-state index contributed by atoms with van der Waals surface area (Å²) in [7, 11) is -3.53. The van der Waals surface area contributed by atoms with Crippen LogP contribution in [0.3, 0.4) is 0 Å². The fourth-order valence-electron chi connectivity index (χ4n) is 0.963. The molecule has 0 unspecified atom stereocenters. The molecule has 1 rings (SSSR count). The van der Waals surface area contributed by atoms with E-state index in [-0.39, 0.29) is 10.7 Å². The Kier molecular flexibility index (Phi) is 4.77. The summed E-state index contributed by atoms with van der Waals surface area (Å²) in [6.07, 6.45) is 0. The smallest absolute Gasteiger partial charge is 0.239 e. The maximum absolute atomic E-state index is 11.5. The van der Waals surface area contributed by atoms with Gasteiger partial charge in [0.2, 0.25) is 10.0 Å². The van der Waals surface area contributed by atoms with Crippen LogP contribution in [0.1, 0.15) is 0 Å². The molecular formula is C8H8ClIN2O2S2. The molecular weight excluding hydrogens is 383 g/mol. The first kappa shape index (κ1) is 13.9. The lowest BCUT2D eigenvalue weighted by Crippen LogP contribution is -2.26. The van der Waals surface area contributed by atoms with Crippen LogP contribution >= 0.6 is 46.4 Å². The topological polar surface area (TPSA) is 72.2 Å². The predicted octanol–water partition coefficient (Wildman–Crippen LogP) is 1.97. The molecule has 1 aromatic rings. The van der Waals surface area contributed by atoms with E-state index in [1.54, 1.807) is 18.2 Å². The number of hydrogen-bond acceptors (Lipinski definition) is 3. The zero-order valence-corrected chi connectivity index (χ0v) is 12.5. The van der Waals surface area contributed by atoms with Gasteiger partial charge >= 0.3 is 0 Å². The van der Waals surface area contributed by atoms with E-state index >= 15 is 0 Å². The van der Waals surface area contributed by atoms with Crippen molar-refractivity contribution in [2.45, 2.75) is 0 Å². The predicted molar refractivity (Wildman–Crippen MR) is 78.4 cm³/mol. The highest BCUT2D eigenvalue weighted by molar-refractivity contribution is 14.1. The van der Waals surface area contributed by atoms with Gasteiger partial charge in [0.25, 0.3) is 0 Å². The van der Waals surface area contributed by atoms with Gasteiger partial charge in [0.1, 0.15) is 5.75 Å². The van der Waals surface area contributed by atoms with E-state index in [0.29, 0.717) is 14.3 Å². The van der Waals surface area contributed by atoms with E-state index in [1.807, 2.05) is 22.6 Å². The lowest BCUT2D eigenvalue weighted by Gasteiger charge is -2.09. The SMILES string of the molecule is NC(=S)CS(=O)(=O)Nc1ccc(Cl)cc1I. The second-order valence-corrected chi connectivity index (χ2v) is 6.80. The Balaban J connectivity index is 2.92. The van der Waals surface area contributed by atoms with Crippen molar-refractivity contribution in [1.29, 1.82) is 0 Å². The number of sulfonamides is 1. The van der Waals surface area contributed by atoms with Crippen molar-refractivity contribution in [3.05, 3.63) is 26.8 Å². The fraction of sp³-hybridized carbons (Fsp3) is 0.125. The third kappa shape index (κ3) is 4.40. The van der Waals surface area contributed by atoms with Gasteiger partial charge in [-0.2, -0.15) is 0 Å². The zero-order valence-electron chi connectivity index (χ0n) is 7.91. The molecule has 0 aromatic heterocycles. The van der Waals surface area contributed by atoms with Crippen LogP contribution in [0.15, 0.2) is 18.2 Å². The molecule has 16 heavy (non-hydrogen) atoms. The number of halogens is 2. The number of rotatable bonds is 4. The van der Waals surface area contributed by atoms with Crippen LogP contribution in [0.4, 0.5) is 5.69 Å². The number of nitrogens with two attached hydrogens (primary N) is 1. The van der Waals surface area contributed by atoms with Gasteiger partial charge in [0, 0.05) is 8.59 Å². The monoisotopic (exact) mass is 390 g/mol. The second kappa shape index (κ2) is 5.48. The minimum atomic E-state index is -3.53. The Hall–Kier alpha value is -0.120. The summed E-state index contributed by atoms with van der Waals surface area (Å²) in [5, 5.41) is 0.543. The third-order valence-corrected chi connectivity index (χ3v) is 4.21. The van der Waals surface area contributed by atoms with Crippen molar-refractivity contribution < 1.29 is 8.42 Å². The van der Waals surface area contributed by atoms with Crippen LogP contribution in [-0.2, 0) is 10.0 Å². The summed E-state index contributed by atoms with van der Waals surface area (Å²) >= 11 is 12.3. The van der Waals surface area contributed by atoms with Gasteiger partial charge in [0.05, 0.1) is 10.7 Å². The lowest BCUT2D eigenvalue weighted by molar-refractivity contribution is 0.605. The number of hydrogen-bond donors (Lipinski definition) is 2. The quantitative estimate of drug-likeness (QED) is 0.609. The molecule has 0 atom stereocenters. The molecule has 0 radical (unpaired) electrons. The van der Waals surface area contributed by atoms with E-state index in [2.05, 4.69) is 16.9 Å². The number of nitrogens with one attached hydrogen (secondary N) is 1. The first-order valence-electron chi connectivity index (χ1n) is 4.04. The standard InChI is InChI=1S/C8H8ClIN2O2S2/c9-5-1-2-7(6(10)3-5)12-16(13,14)4-8(11)15/h1-3,12H,4H2,(H2,11,15). The Morgan fingerprint density at radius 2 is 2.19 bits per heavy atom. The fourth-order valence-corrected chi connectivity index (χ4v) is 3.58. The molecule has 0 aliphatic heterocycles. The molecule has 0 saturated carbocycles. The Labute approximate surface area is 118 Å². The van der Waals surface area contributed by atoms with Crippen LogP contribution in [0.25, 0.3) is 0 Å². The number of anilines is 1. The van der Waals surface area contributed by atoms with Crippen molar-refractivity contribution in [2.24, 2.45) is 5.73 Å². The molecule has 88 valence electrons. The van der Waals surface area contributed by atoms with E-state index in [0.717, 1.165) is 0 Å². The van der Waals surface area contributed by atoms with Gasteiger partial charge in [-0.1, -0.05) is 23.8 Å². The summed E-state index contributed by atoms with van der Waals surface area (Å²) in [6, 6.07) is 4.84. The number of benzene rings is 1. The van der Waals surface area contributed by atoms with Crippen LogP contribution < -0.4 is 10.5 Å². The molecule has 0 aliphatic rings. The summed E-state index contributed by atoms with van der Waals surface area (Å²) in [6.45, 7) is 0. The maximum atomic E-state index is 11.5. The van der Waals surface area contributed by atoms with Crippen LogP contribution in [0.5, 0.6) is 0 Å². The van der Waals surface area contributed by atoms with E-state index in [1.165, 1.54) is 0 Å². The van der Waals surface area contributed by atoms with Gasteiger partial charge in [-0.05, 0) is 40.8 Å². The van der Waals surface area contributed by atoms with Crippen molar-refractivity contribution in [2.75, 3.05) is 10.5 Å². The zero-order chi connectivity index (χ0) is 12.3. The van der Waals surface area contributed by atoms with Gasteiger partial charge in [-0.3, -0.25) is 4.72 Å². The molecule has 0 aliphatic carbocycles. The van der Waals surface area contributed by atoms with Crippen LogP contribution in [-0.4, -0.2) is 19.2 Å². The molecule has 0 amide bonds. The summed E-state index contributed by atoms with van der Waals surface area (Å²) < 4.78 is 26.2. The highest BCUT2D eigenvalue weighted by Crippen LogP contribution is 2.23. The minimum Gasteiger partial charge on any atom is -0.392 e.